The Morgan fingerprint density at radius 2 is 1.91 bits per heavy atom. The van der Waals surface area contributed by atoms with Crippen LogP contribution in [0.3, 0.4) is 0 Å². The smallest absolute Gasteiger partial charge is 0.264 e. The van der Waals surface area contributed by atoms with Gasteiger partial charge in [-0.25, -0.2) is 0 Å². The van der Waals surface area contributed by atoms with Gasteiger partial charge in [0.2, 0.25) is 5.91 Å². The summed E-state index contributed by atoms with van der Waals surface area (Å²) < 4.78 is 5.74. The monoisotopic (exact) mass is 316 g/mol. The quantitative estimate of drug-likeness (QED) is 0.904. The molecule has 5 heteroatoms. The Morgan fingerprint density at radius 3 is 2.57 bits per heavy atom. The van der Waals surface area contributed by atoms with Gasteiger partial charge in [-0.05, 0) is 51.7 Å². The molecule has 0 radical (unpaired) electrons. The molecule has 2 atom stereocenters. The summed E-state index contributed by atoms with van der Waals surface area (Å²) in [5.41, 5.74) is 1.15. The van der Waals surface area contributed by atoms with E-state index in [9.17, 15) is 9.59 Å². The van der Waals surface area contributed by atoms with Crippen molar-refractivity contribution in [3.05, 3.63) is 29.8 Å². The van der Waals surface area contributed by atoms with Crippen molar-refractivity contribution in [3.8, 4) is 5.75 Å². The van der Waals surface area contributed by atoms with Crippen LogP contribution in [0, 0.1) is 6.92 Å². The van der Waals surface area contributed by atoms with Gasteiger partial charge in [0.15, 0.2) is 6.10 Å². The fourth-order valence-electron chi connectivity index (χ4n) is 2.93. The van der Waals surface area contributed by atoms with Crippen molar-refractivity contribution in [1.29, 1.82) is 0 Å². The maximum atomic E-state index is 12.7. The van der Waals surface area contributed by atoms with Crippen LogP contribution in [0.4, 0.5) is 0 Å². The number of hydrogen-bond donors (Lipinski definition) is 1. The minimum absolute atomic E-state index is 0.0131. The van der Waals surface area contributed by atoms with Gasteiger partial charge in [-0.15, -0.1) is 0 Å². The molecule has 2 fully saturated rings. The van der Waals surface area contributed by atoms with Crippen molar-refractivity contribution >= 4 is 11.8 Å². The summed E-state index contributed by atoms with van der Waals surface area (Å²) in [4.78, 5) is 26.6. The fraction of sp³-hybridized carbons (Fsp3) is 0.556. The highest BCUT2D eigenvalue weighted by Crippen LogP contribution is 2.23. The standard InChI is InChI=1S/C18H24N2O3/c1-12-5-9-15(10-6-12)23-13(2)18(22)20-11-3-4-16(20)17(21)19-14-7-8-14/h5-6,9-10,13-14,16H,3-4,7-8,11H2,1-2H3,(H,19,21)/t13-,16-/m0/s1. The van der Waals surface area contributed by atoms with Crippen molar-refractivity contribution in [1.82, 2.24) is 10.2 Å². The topological polar surface area (TPSA) is 58.6 Å². The largest absolute Gasteiger partial charge is 0.481 e. The second kappa shape index (κ2) is 6.60. The van der Waals surface area contributed by atoms with Crippen LogP contribution in [0.15, 0.2) is 24.3 Å². The number of carbonyl (C=O) groups is 2. The van der Waals surface area contributed by atoms with Gasteiger partial charge in [0, 0.05) is 12.6 Å². The lowest BCUT2D eigenvalue weighted by Crippen LogP contribution is -2.50. The van der Waals surface area contributed by atoms with Crippen LogP contribution < -0.4 is 10.1 Å². The molecule has 1 aromatic rings. The summed E-state index contributed by atoms with van der Waals surface area (Å²) in [6.45, 7) is 4.38. The Kier molecular flexibility index (Phi) is 4.55. The Bertz CT molecular complexity index is 580. The maximum Gasteiger partial charge on any atom is 0.264 e. The van der Waals surface area contributed by atoms with E-state index in [-0.39, 0.29) is 17.9 Å². The third kappa shape index (κ3) is 3.84. The number of carbonyl (C=O) groups excluding carboxylic acids is 2. The lowest BCUT2D eigenvalue weighted by Gasteiger charge is -2.27. The highest BCUT2D eigenvalue weighted by molar-refractivity contribution is 5.90. The third-order valence-electron chi connectivity index (χ3n) is 4.44. The number of benzene rings is 1. The lowest BCUT2D eigenvalue weighted by atomic mass is 10.2. The van der Waals surface area contributed by atoms with E-state index in [0.717, 1.165) is 31.2 Å². The molecule has 0 unspecified atom stereocenters. The van der Waals surface area contributed by atoms with E-state index < -0.39 is 6.10 Å². The zero-order valence-electron chi connectivity index (χ0n) is 13.7. The molecule has 1 heterocycles. The molecule has 23 heavy (non-hydrogen) atoms. The third-order valence-corrected chi connectivity index (χ3v) is 4.44. The van der Waals surface area contributed by atoms with Gasteiger partial charge >= 0.3 is 0 Å². The molecule has 3 rings (SSSR count). The molecule has 124 valence electrons. The molecule has 2 aliphatic rings. The second-order valence-corrected chi connectivity index (χ2v) is 6.55. The molecular formula is C18H24N2O3. The van der Waals surface area contributed by atoms with Crippen molar-refractivity contribution in [2.24, 2.45) is 0 Å². The minimum Gasteiger partial charge on any atom is -0.481 e. The van der Waals surface area contributed by atoms with E-state index in [1.807, 2.05) is 31.2 Å². The molecule has 0 bridgehead atoms. The first-order valence-electron chi connectivity index (χ1n) is 8.39. The van der Waals surface area contributed by atoms with E-state index in [4.69, 9.17) is 4.74 Å². The number of nitrogens with zero attached hydrogens (tertiary/aromatic N) is 1. The Labute approximate surface area is 137 Å². The number of nitrogens with one attached hydrogen (secondary N) is 1. The van der Waals surface area contributed by atoms with Crippen LogP contribution in [0.2, 0.25) is 0 Å². The molecule has 0 spiro atoms. The normalized spacial score (nSPS) is 21.8. The Balaban J connectivity index is 1.60. The van der Waals surface area contributed by atoms with Crippen LogP contribution in [0.5, 0.6) is 5.75 Å². The van der Waals surface area contributed by atoms with Gasteiger partial charge in [-0.2, -0.15) is 0 Å². The van der Waals surface area contributed by atoms with Crippen molar-refractivity contribution < 1.29 is 14.3 Å². The average Bonchev–Trinajstić information content (AvgIpc) is 3.21. The number of likely N-dealkylation sites (tertiary alicyclic amines) is 1. The summed E-state index contributed by atoms with van der Waals surface area (Å²) in [6, 6.07) is 7.61. The summed E-state index contributed by atoms with van der Waals surface area (Å²) in [5, 5.41) is 3.00. The number of hydrogen-bond acceptors (Lipinski definition) is 3. The number of amides is 2. The Hall–Kier alpha value is -2.04. The van der Waals surface area contributed by atoms with Gasteiger partial charge < -0.3 is 15.0 Å². The van der Waals surface area contributed by atoms with Crippen LogP contribution in [-0.2, 0) is 9.59 Å². The predicted molar refractivity (Wildman–Crippen MR) is 87.2 cm³/mol. The van der Waals surface area contributed by atoms with E-state index in [0.29, 0.717) is 18.3 Å². The number of rotatable bonds is 5. The van der Waals surface area contributed by atoms with E-state index in [1.54, 1.807) is 11.8 Å². The van der Waals surface area contributed by atoms with Gasteiger partial charge in [-0.1, -0.05) is 17.7 Å². The van der Waals surface area contributed by atoms with Gasteiger partial charge in [0.05, 0.1) is 0 Å². The molecule has 1 saturated heterocycles. The molecule has 1 aliphatic carbocycles. The van der Waals surface area contributed by atoms with Crippen LogP contribution in [-0.4, -0.2) is 41.4 Å². The maximum absolute atomic E-state index is 12.7. The first kappa shape index (κ1) is 15.8. The summed E-state index contributed by atoms with van der Waals surface area (Å²) >= 11 is 0. The average molecular weight is 316 g/mol. The van der Waals surface area contributed by atoms with Gasteiger partial charge in [0.25, 0.3) is 5.91 Å². The highest BCUT2D eigenvalue weighted by Gasteiger charge is 2.38. The fourth-order valence-corrected chi connectivity index (χ4v) is 2.93. The molecule has 0 aromatic heterocycles. The van der Waals surface area contributed by atoms with Crippen LogP contribution >= 0.6 is 0 Å². The molecule has 5 nitrogen and oxygen atoms in total. The molecular weight excluding hydrogens is 292 g/mol. The summed E-state index contributed by atoms with van der Waals surface area (Å²) in [5.74, 6) is 0.550. The number of ether oxygens (including phenoxy) is 1. The number of aryl methyl sites for hydroxylation is 1. The SMILES string of the molecule is Cc1ccc(O[C@@H](C)C(=O)N2CCC[C@H]2C(=O)NC2CC2)cc1. The lowest BCUT2D eigenvalue weighted by molar-refractivity contribution is -0.143. The molecule has 1 saturated carbocycles. The minimum atomic E-state index is -0.591. The summed E-state index contributed by atoms with van der Waals surface area (Å²) in [7, 11) is 0. The van der Waals surface area contributed by atoms with Crippen molar-refractivity contribution in [2.45, 2.75) is 57.7 Å². The van der Waals surface area contributed by atoms with Gasteiger partial charge in [0.1, 0.15) is 11.8 Å². The highest BCUT2D eigenvalue weighted by atomic mass is 16.5. The molecule has 1 aromatic carbocycles. The molecule has 2 amide bonds. The van der Waals surface area contributed by atoms with E-state index in [1.165, 1.54) is 0 Å². The summed E-state index contributed by atoms with van der Waals surface area (Å²) in [6.07, 6.45) is 3.12. The Morgan fingerprint density at radius 1 is 1.22 bits per heavy atom. The van der Waals surface area contributed by atoms with Crippen LogP contribution in [0.25, 0.3) is 0 Å². The van der Waals surface area contributed by atoms with E-state index >= 15 is 0 Å². The zero-order valence-corrected chi connectivity index (χ0v) is 13.7. The van der Waals surface area contributed by atoms with Crippen molar-refractivity contribution in [3.63, 3.8) is 0 Å². The first-order chi connectivity index (χ1) is 11.0. The van der Waals surface area contributed by atoms with Crippen LogP contribution in [0.1, 0.15) is 38.2 Å². The first-order valence-corrected chi connectivity index (χ1v) is 8.39. The molecule has 1 aliphatic heterocycles. The second-order valence-electron chi connectivity index (χ2n) is 6.55. The van der Waals surface area contributed by atoms with Gasteiger partial charge in [-0.3, -0.25) is 9.59 Å². The van der Waals surface area contributed by atoms with Crippen molar-refractivity contribution in [2.75, 3.05) is 6.54 Å². The predicted octanol–water partition coefficient (Wildman–Crippen LogP) is 2.03. The van der Waals surface area contributed by atoms with E-state index in [2.05, 4.69) is 5.32 Å². The zero-order chi connectivity index (χ0) is 16.4. The molecule has 1 N–H and O–H groups in total.